The third kappa shape index (κ3) is 4.25. The molecule has 0 bridgehead atoms. The van der Waals surface area contributed by atoms with Gasteiger partial charge in [-0.2, -0.15) is 0 Å². The minimum atomic E-state index is -0.830. The Labute approximate surface area is 85.4 Å². The summed E-state index contributed by atoms with van der Waals surface area (Å²) >= 11 is 0. The van der Waals surface area contributed by atoms with Gasteiger partial charge >= 0.3 is 0 Å². The van der Waals surface area contributed by atoms with Gasteiger partial charge in [0.1, 0.15) is 5.54 Å². The zero-order valence-corrected chi connectivity index (χ0v) is 9.39. The van der Waals surface area contributed by atoms with E-state index < -0.39 is 5.54 Å². The fourth-order valence-corrected chi connectivity index (χ4v) is 1.12. The molecule has 0 spiro atoms. The molecule has 14 heavy (non-hydrogen) atoms. The van der Waals surface area contributed by atoms with Crippen molar-refractivity contribution < 1.29 is 9.59 Å². The van der Waals surface area contributed by atoms with E-state index in [1.165, 1.54) is 0 Å². The molecule has 0 radical (unpaired) electrons. The second-order valence-electron chi connectivity index (χ2n) is 4.05. The zero-order chi connectivity index (χ0) is 11.2. The van der Waals surface area contributed by atoms with Crippen LogP contribution in [0.5, 0.6) is 0 Å². The molecule has 0 saturated carbocycles. The van der Waals surface area contributed by atoms with Crippen molar-refractivity contribution in [2.45, 2.75) is 52.1 Å². The second kappa shape index (κ2) is 5.62. The first-order valence-electron chi connectivity index (χ1n) is 4.96. The van der Waals surface area contributed by atoms with Crippen molar-refractivity contribution >= 4 is 12.3 Å². The van der Waals surface area contributed by atoms with Gasteiger partial charge in [0.15, 0.2) is 0 Å². The van der Waals surface area contributed by atoms with Gasteiger partial charge in [-0.15, -0.1) is 0 Å². The molecule has 2 amide bonds. The number of hydrogen-bond donors (Lipinski definition) is 2. The van der Waals surface area contributed by atoms with Gasteiger partial charge in [0.2, 0.25) is 12.3 Å². The molecule has 1 unspecified atom stereocenters. The predicted octanol–water partition coefficient (Wildman–Crippen LogP) is 0.816. The van der Waals surface area contributed by atoms with E-state index in [0.717, 1.165) is 12.8 Å². The van der Waals surface area contributed by atoms with E-state index in [1.54, 1.807) is 13.8 Å². The smallest absolute Gasteiger partial charge is 0.245 e. The number of hydrogen-bond acceptors (Lipinski definition) is 2. The van der Waals surface area contributed by atoms with Crippen LogP contribution in [0, 0.1) is 0 Å². The number of carbonyl (C=O) groups excluding carboxylic acids is 2. The lowest BCUT2D eigenvalue weighted by Gasteiger charge is -2.25. The van der Waals surface area contributed by atoms with Gasteiger partial charge in [-0.25, -0.2) is 0 Å². The van der Waals surface area contributed by atoms with Gasteiger partial charge in [0.25, 0.3) is 0 Å². The van der Waals surface area contributed by atoms with Crippen molar-refractivity contribution in [3.8, 4) is 0 Å². The minimum Gasteiger partial charge on any atom is -0.352 e. The summed E-state index contributed by atoms with van der Waals surface area (Å²) in [6, 6.07) is 0.153. The number of amides is 2. The molecule has 0 aromatic rings. The maximum Gasteiger partial charge on any atom is 0.245 e. The molecular formula is C10H20N2O2. The summed E-state index contributed by atoms with van der Waals surface area (Å²) in [6.07, 6.45) is 2.52. The Balaban J connectivity index is 4.12. The maximum atomic E-state index is 11.6. The Kier molecular flexibility index (Phi) is 5.20. The normalized spacial score (nSPS) is 13.1. The average molecular weight is 200 g/mol. The Bertz CT molecular complexity index is 202. The highest BCUT2D eigenvalue weighted by atomic mass is 16.2. The standard InChI is InChI=1S/C10H20N2O2/c1-5-6-8(2)12-9(14)10(3,4)11-7-13/h7-8H,5-6H2,1-4H3,(H,11,13)(H,12,14). The topological polar surface area (TPSA) is 58.2 Å². The van der Waals surface area contributed by atoms with E-state index in [4.69, 9.17) is 0 Å². The van der Waals surface area contributed by atoms with Gasteiger partial charge in [-0.05, 0) is 27.2 Å². The first kappa shape index (κ1) is 12.9. The van der Waals surface area contributed by atoms with Crippen LogP contribution in [-0.2, 0) is 9.59 Å². The molecule has 0 aliphatic heterocycles. The fraction of sp³-hybridized carbons (Fsp3) is 0.800. The van der Waals surface area contributed by atoms with Crippen LogP contribution in [0.4, 0.5) is 0 Å². The SMILES string of the molecule is CCCC(C)NC(=O)C(C)(C)NC=O. The number of nitrogens with one attached hydrogen (secondary N) is 2. The Morgan fingerprint density at radius 2 is 2.07 bits per heavy atom. The summed E-state index contributed by atoms with van der Waals surface area (Å²) in [5.74, 6) is -0.148. The van der Waals surface area contributed by atoms with Gasteiger partial charge in [-0.3, -0.25) is 9.59 Å². The van der Waals surface area contributed by atoms with E-state index >= 15 is 0 Å². The molecule has 82 valence electrons. The molecular weight excluding hydrogens is 180 g/mol. The summed E-state index contributed by atoms with van der Waals surface area (Å²) < 4.78 is 0. The zero-order valence-electron chi connectivity index (χ0n) is 9.39. The van der Waals surface area contributed by atoms with Crippen molar-refractivity contribution in [2.75, 3.05) is 0 Å². The molecule has 0 aromatic heterocycles. The minimum absolute atomic E-state index is 0.148. The molecule has 0 aromatic carbocycles. The van der Waals surface area contributed by atoms with Gasteiger partial charge in [0.05, 0.1) is 0 Å². The van der Waals surface area contributed by atoms with Crippen LogP contribution in [0.25, 0.3) is 0 Å². The maximum absolute atomic E-state index is 11.6. The van der Waals surface area contributed by atoms with Crippen LogP contribution in [0.1, 0.15) is 40.5 Å². The molecule has 0 aliphatic rings. The van der Waals surface area contributed by atoms with Crippen LogP contribution in [0.3, 0.4) is 0 Å². The first-order chi connectivity index (χ1) is 6.44. The molecule has 2 N–H and O–H groups in total. The summed E-state index contributed by atoms with van der Waals surface area (Å²) in [5, 5.41) is 5.32. The van der Waals surface area contributed by atoms with E-state index in [1.807, 2.05) is 6.92 Å². The van der Waals surface area contributed by atoms with Crippen molar-refractivity contribution in [1.82, 2.24) is 10.6 Å². The molecule has 0 saturated heterocycles. The molecule has 0 aliphatic carbocycles. The summed E-state index contributed by atoms with van der Waals surface area (Å²) in [4.78, 5) is 21.9. The van der Waals surface area contributed by atoms with Crippen molar-refractivity contribution in [3.05, 3.63) is 0 Å². The molecule has 4 heteroatoms. The van der Waals surface area contributed by atoms with Crippen LogP contribution in [0.15, 0.2) is 0 Å². The van der Waals surface area contributed by atoms with E-state index in [9.17, 15) is 9.59 Å². The molecule has 0 fully saturated rings. The van der Waals surface area contributed by atoms with Gasteiger partial charge < -0.3 is 10.6 Å². The van der Waals surface area contributed by atoms with Crippen LogP contribution < -0.4 is 10.6 Å². The van der Waals surface area contributed by atoms with Crippen molar-refractivity contribution in [2.24, 2.45) is 0 Å². The van der Waals surface area contributed by atoms with E-state index in [0.29, 0.717) is 6.41 Å². The molecule has 0 rings (SSSR count). The second-order valence-corrected chi connectivity index (χ2v) is 4.05. The third-order valence-corrected chi connectivity index (χ3v) is 2.09. The summed E-state index contributed by atoms with van der Waals surface area (Å²) in [7, 11) is 0. The molecule has 4 nitrogen and oxygen atoms in total. The van der Waals surface area contributed by atoms with Gasteiger partial charge in [-0.1, -0.05) is 13.3 Å². The average Bonchev–Trinajstić information content (AvgIpc) is 2.04. The highest BCUT2D eigenvalue weighted by molar-refractivity contribution is 5.87. The highest BCUT2D eigenvalue weighted by Crippen LogP contribution is 2.03. The highest BCUT2D eigenvalue weighted by Gasteiger charge is 2.27. The lowest BCUT2D eigenvalue weighted by molar-refractivity contribution is -0.129. The van der Waals surface area contributed by atoms with E-state index in [2.05, 4.69) is 17.6 Å². The number of rotatable bonds is 6. The third-order valence-electron chi connectivity index (χ3n) is 2.09. The van der Waals surface area contributed by atoms with Gasteiger partial charge in [0, 0.05) is 6.04 Å². The lowest BCUT2D eigenvalue weighted by atomic mass is 10.0. The molecule has 0 heterocycles. The van der Waals surface area contributed by atoms with Crippen LogP contribution in [0.2, 0.25) is 0 Å². The van der Waals surface area contributed by atoms with Crippen LogP contribution in [-0.4, -0.2) is 23.9 Å². The Morgan fingerprint density at radius 1 is 1.50 bits per heavy atom. The Morgan fingerprint density at radius 3 is 2.50 bits per heavy atom. The summed E-state index contributed by atoms with van der Waals surface area (Å²) in [6.45, 7) is 7.38. The van der Waals surface area contributed by atoms with Crippen molar-refractivity contribution in [1.29, 1.82) is 0 Å². The Hall–Kier alpha value is -1.06. The quantitative estimate of drug-likeness (QED) is 0.623. The molecule has 1 atom stereocenters. The lowest BCUT2D eigenvalue weighted by Crippen LogP contribution is -2.54. The predicted molar refractivity (Wildman–Crippen MR) is 55.8 cm³/mol. The summed E-state index contributed by atoms with van der Waals surface area (Å²) in [5.41, 5.74) is -0.830. The fourth-order valence-electron chi connectivity index (χ4n) is 1.12. The van der Waals surface area contributed by atoms with Crippen LogP contribution >= 0.6 is 0 Å². The first-order valence-corrected chi connectivity index (χ1v) is 4.96. The monoisotopic (exact) mass is 200 g/mol. The number of carbonyl (C=O) groups is 2. The van der Waals surface area contributed by atoms with Crippen molar-refractivity contribution in [3.63, 3.8) is 0 Å². The largest absolute Gasteiger partial charge is 0.352 e. The van der Waals surface area contributed by atoms with E-state index in [-0.39, 0.29) is 11.9 Å².